The summed E-state index contributed by atoms with van der Waals surface area (Å²) in [7, 11) is 4.10. The molecule has 1 N–H and O–H groups in total. The number of nitrogens with one attached hydrogen (secondary N) is 1. The van der Waals surface area contributed by atoms with Gasteiger partial charge in [-0.2, -0.15) is 0 Å². The summed E-state index contributed by atoms with van der Waals surface area (Å²) < 4.78 is 0. The van der Waals surface area contributed by atoms with Gasteiger partial charge in [0.15, 0.2) is 0 Å². The van der Waals surface area contributed by atoms with Crippen LogP contribution in [0.15, 0.2) is 29.1 Å². The van der Waals surface area contributed by atoms with Gasteiger partial charge in [-0.25, -0.2) is 4.98 Å². The zero-order valence-corrected chi connectivity index (χ0v) is 17.2. The third kappa shape index (κ3) is 4.07. The van der Waals surface area contributed by atoms with Crippen molar-refractivity contribution in [3.8, 4) is 0 Å². The zero-order valence-electron chi connectivity index (χ0n) is 17.2. The number of benzene rings is 1. The summed E-state index contributed by atoms with van der Waals surface area (Å²) in [5.74, 6) is 1.53. The van der Waals surface area contributed by atoms with Gasteiger partial charge in [-0.1, -0.05) is 19.1 Å². The molecule has 1 fully saturated rings. The van der Waals surface area contributed by atoms with Crippen LogP contribution < -0.4 is 15.4 Å². The molecule has 2 aliphatic heterocycles. The van der Waals surface area contributed by atoms with E-state index < -0.39 is 0 Å². The second-order valence-corrected chi connectivity index (χ2v) is 8.51. The molecule has 3 heterocycles. The number of nitrogens with zero attached hydrogens (tertiary/aromatic N) is 4. The van der Waals surface area contributed by atoms with Crippen LogP contribution in [0.4, 0.5) is 11.6 Å². The fourth-order valence-corrected chi connectivity index (χ4v) is 4.13. The lowest BCUT2D eigenvalue weighted by Crippen LogP contribution is -2.39. The Labute approximate surface area is 167 Å². The minimum Gasteiger partial charge on any atom is -0.378 e. The van der Waals surface area contributed by atoms with Crippen LogP contribution in [-0.4, -0.2) is 48.6 Å². The van der Waals surface area contributed by atoms with E-state index in [2.05, 4.69) is 65.0 Å². The molecule has 6 nitrogen and oxygen atoms in total. The number of hydrogen-bond donors (Lipinski definition) is 1. The molecule has 0 spiro atoms. The van der Waals surface area contributed by atoms with Gasteiger partial charge in [0.05, 0.1) is 11.3 Å². The van der Waals surface area contributed by atoms with Crippen molar-refractivity contribution in [1.82, 2.24) is 14.9 Å². The number of aromatic nitrogens is 2. The molecule has 28 heavy (non-hydrogen) atoms. The minimum absolute atomic E-state index is 0.0336. The van der Waals surface area contributed by atoms with Gasteiger partial charge in [0, 0.05) is 58.9 Å². The molecule has 0 aliphatic carbocycles. The summed E-state index contributed by atoms with van der Waals surface area (Å²) in [4.78, 5) is 27.3. The van der Waals surface area contributed by atoms with E-state index in [1.54, 1.807) is 0 Å². The molecule has 1 aromatic carbocycles. The molecule has 2 aromatic rings. The van der Waals surface area contributed by atoms with Crippen molar-refractivity contribution in [3.05, 3.63) is 51.4 Å². The maximum absolute atomic E-state index is 12.8. The quantitative estimate of drug-likeness (QED) is 0.882. The van der Waals surface area contributed by atoms with Crippen molar-refractivity contribution in [2.75, 3.05) is 43.5 Å². The molecule has 1 saturated heterocycles. The smallest absolute Gasteiger partial charge is 0.257 e. The summed E-state index contributed by atoms with van der Waals surface area (Å²) >= 11 is 0. The number of rotatable bonds is 4. The van der Waals surface area contributed by atoms with E-state index in [0.717, 1.165) is 55.7 Å². The maximum atomic E-state index is 12.8. The van der Waals surface area contributed by atoms with Crippen molar-refractivity contribution in [3.63, 3.8) is 0 Å². The molecule has 1 aromatic heterocycles. The molecule has 2 aliphatic rings. The van der Waals surface area contributed by atoms with Crippen LogP contribution in [0.3, 0.4) is 0 Å². The van der Waals surface area contributed by atoms with E-state index in [4.69, 9.17) is 4.98 Å². The van der Waals surface area contributed by atoms with Crippen molar-refractivity contribution < 1.29 is 0 Å². The number of fused-ring (bicyclic) bond motifs is 1. The van der Waals surface area contributed by atoms with Gasteiger partial charge in [-0.15, -0.1) is 0 Å². The van der Waals surface area contributed by atoms with Crippen molar-refractivity contribution in [2.45, 2.75) is 39.3 Å². The van der Waals surface area contributed by atoms with Crippen LogP contribution in [0.25, 0.3) is 0 Å². The lowest BCUT2D eigenvalue weighted by molar-refractivity contribution is 0.241. The predicted octanol–water partition coefficient (Wildman–Crippen LogP) is 2.63. The van der Waals surface area contributed by atoms with Crippen LogP contribution in [0.2, 0.25) is 0 Å². The Hall–Kier alpha value is -2.34. The fraction of sp³-hybridized carbons (Fsp3) is 0.545. The summed E-state index contributed by atoms with van der Waals surface area (Å²) in [5, 5.41) is 0. The maximum Gasteiger partial charge on any atom is 0.257 e. The van der Waals surface area contributed by atoms with Crippen LogP contribution in [0, 0.1) is 5.92 Å². The summed E-state index contributed by atoms with van der Waals surface area (Å²) in [6.45, 7) is 6.73. The number of aromatic amines is 1. The van der Waals surface area contributed by atoms with E-state index in [-0.39, 0.29) is 5.56 Å². The molecule has 0 saturated carbocycles. The SMILES string of the molecule is CC1CCN(c2nc3c(c(=O)[nH]2)CN(Cc2ccc(N(C)C)cc2)CC3)CC1. The molecule has 0 radical (unpaired) electrons. The number of anilines is 2. The molecule has 0 unspecified atom stereocenters. The normalized spacial score (nSPS) is 18.2. The largest absolute Gasteiger partial charge is 0.378 e. The second kappa shape index (κ2) is 7.95. The number of hydrogen-bond acceptors (Lipinski definition) is 5. The van der Waals surface area contributed by atoms with E-state index >= 15 is 0 Å². The first kappa shape index (κ1) is 19.0. The van der Waals surface area contributed by atoms with Gasteiger partial charge in [0.2, 0.25) is 5.95 Å². The van der Waals surface area contributed by atoms with Gasteiger partial charge in [0.1, 0.15) is 0 Å². The summed E-state index contributed by atoms with van der Waals surface area (Å²) in [6.07, 6.45) is 3.18. The highest BCUT2D eigenvalue weighted by atomic mass is 16.1. The first-order chi connectivity index (χ1) is 13.5. The Morgan fingerprint density at radius 3 is 2.54 bits per heavy atom. The van der Waals surface area contributed by atoms with Crippen LogP contribution in [0.1, 0.15) is 36.6 Å². The number of piperidine rings is 1. The second-order valence-electron chi connectivity index (χ2n) is 8.51. The third-order valence-corrected chi connectivity index (χ3v) is 6.08. The summed E-state index contributed by atoms with van der Waals surface area (Å²) in [5.41, 5.74) is 4.33. The average molecular weight is 382 g/mol. The molecular formula is C22H31N5O. The molecule has 4 rings (SSSR count). The summed E-state index contributed by atoms with van der Waals surface area (Å²) in [6, 6.07) is 8.64. The third-order valence-electron chi connectivity index (χ3n) is 6.08. The Balaban J connectivity index is 1.46. The van der Waals surface area contributed by atoms with E-state index in [9.17, 15) is 4.79 Å². The predicted molar refractivity (Wildman–Crippen MR) is 114 cm³/mol. The van der Waals surface area contributed by atoms with Gasteiger partial charge >= 0.3 is 0 Å². The first-order valence-corrected chi connectivity index (χ1v) is 10.3. The minimum atomic E-state index is 0.0336. The van der Waals surface area contributed by atoms with Crippen LogP contribution >= 0.6 is 0 Å². The highest BCUT2D eigenvalue weighted by Gasteiger charge is 2.24. The van der Waals surface area contributed by atoms with Crippen LogP contribution in [0.5, 0.6) is 0 Å². The lowest BCUT2D eigenvalue weighted by Gasteiger charge is -2.32. The topological polar surface area (TPSA) is 55.5 Å². The Kier molecular flexibility index (Phi) is 5.40. The molecule has 150 valence electrons. The Morgan fingerprint density at radius 2 is 1.86 bits per heavy atom. The van der Waals surface area contributed by atoms with Crippen molar-refractivity contribution in [2.24, 2.45) is 5.92 Å². The fourth-order valence-electron chi connectivity index (χ4n) is 4.13. The Bertz CT molecular complexity index is 865. The first-order valence-electron chi connectivity index (χ1n) is 10.3. The van der Waals surface area contributed by atoms with E-state index in [0.29, 0.717) is 6.54 Å². The monoisotopic (exact) mass is 381 g/mol. The molecule has 0 amide bonds. The zero-order chi connectivity index (χ0) is 19.7. The van der Waals surface area contributed by atoms with Crippen LogP contribution in [-0.2, 0) is 19.5 Å². The Morgan fingerprint density at radius 1 is 1.14 bits per heavy atom. The average Bonchev–Trinajstić information content (AvgIpc) is 2.69. The highest BCUT2D eigenvalue weighted by Crippen LogP contribution is 2.22. The van der Waals surface area contributed by atoms with Gasteiger partial charge < -0.3 is 9.80 Å². The molecule has 0 bridgehead atoms. The van der Waals surface area contributed by atoms with E-state index in [1.165, 1.54) is 24.1 Å². The van der Waals surface area contributed by atoms with Crippen molar-refractivity contribution >= 4 is 11.6 Å². The van der Waals surface area contributed by atoms with Gasteiger partial charge in [0.25, 0.3) is 5.56 Å². The van der Waals surface area contributed by atoms with Gasteiger partial charge in [-0.05, 0) is 36.5 Å². The molecule has 0 atom stereocenters. The van der Waals surface area contributed by atoms with Crippen molar-refractivity contribution in [1.29, 1.82) is 0 Å². The lowest BCUT2D eigenvalue weighted by atomic mass is 9.99. The standard InChI is InChI=1S/C22H31N5O/c1-16-8-12-27(13-9-16)22-23-20-10-11-26(15-19(20)21(28)24-22)14-17-4-6-18(7-5-17)25(2)3/h4-7,16H,8-15H2,1-3H3,(H,23,24,28). The number of H-pyrrole nitrogens is 1. The highest BCUT2D eigenvalue weighted by molar-refractivity contribution is 5.46. The van der Waals surface area contributed by atoms with Gasteiger partial charge in [-0.3, -0.25) is 14.7 Å². The molecule has 6 heteroatoms. The van der Waals surface area contributed by atoms with E-state index in [1.807, 2.05) is 0 Å². The molecular weight excluding hydrogens is 350 g/mol.